The van der Waals surface area contributed by atoms with Crippen molar-refractivity contribution in [2.45, 2.75) is 32.2 Å². The summed E-state index contributed by atoms with van der Waals surface area (Å²) < 4.78 is 28.9. The fourth-order valence-electron chi connectivity index (χ4n) is 2.35. The molecule has 8 nitrogen and oxygen atoms in total. The quantitative estimate of drug-likeness (QED) is 0.747. The number of alkyl halides is 2. The summed E-state index contributed by atoms with van der Waals surface area (Å²) >= 11 is 0. The highest BCUT2D eigenvalue weighted by molar-refractivity contribution is 5.78. The van der Waals surface area contributed by atoms with Crippen LogP contribution in [0.25, 0.3) is 11.2 Å². The van der Waals surface area contributed by atoms with Crippen molar-refractivity contribution < 1.29 is 13.6 Å². The van der Waals surface area contributed by atoms with Gasteiger partial charge in [-0.3, -0.25) is 18.7 Å². The van der Waals surface area contributed by atoms with E-state index in [4.69, 9.17) is 0 Å². The van der Waals surface area contributed by atoms with Gasteiger partial charge in [0.15, 0.2) is 11.2 Å². The SMILES string of the molecule is Cn1c(=O)c2c(ncn2CC(=O)NCCCC(C)(F)F)n(C)c1=O. The van der Waals surface area contributed by atoms with Gasteiger partial charge in [0, 0.05) is 27.1 Å². The average molecular weight is 343 g/mol. The predicted molar refractivity (Wildman–Crippen MR) is 83.1 cm³/mol. The highest BCUT2D eigenvalue weighted by Crippen LogP contribution is 2.17. The Labute approximate surface area is 135 Å². The molecule has 2 rings (SSSR count). The Hall–Kier alpha value is -2.52. The number of halogens is 2. The van der Waals surface area contributed by atoms with Gasteiger partial charge in [0.25, 0.3) is 5.56 Å². The van der Waals surface area contributed by atoms with Crippen molar-refractivity contribution in [2.24, 2.45) is 14.1 Å². The predicted octanol–water partition coefficient (Wildman–Crippen LogP) is -0.0147. The Bertz CT molecular complexity index is 875. The molecular formula is C14H19F2N5O3. The molecule has 0 aliphatic carbocycles. The maximum Gasteiger partial charge on any atom is 0.332 e. The summed E-state index contributed by atoms with van der Waals surface area (Å²) in [6.45, 7) is 0.754. The number of fused-ring (bicyclic) bond motifs is 1. The summed E-state index contributed by atoms with van der Waals surface area (Å²) in [5.74, 6) is -3.19. The Morgan fingerprint density at radius 1 is 1.29 bits per heavy atom. The highest BCUT2D eigenvalue weighted by Gasteiger charge is 2.20. The minimum atomic E-state index is -2.76. The summed E-state index contributed by atoms with van der Waals surface area (Å²) in [5.41, 5.74) is -0.747. The maximum absolute atomic E-state index is 12.7. The Morgan fingerprint density at radius 3 is 2.58 bits per heavy atom. The van der Waals surface area contributed by atoms with Gasteiger partial charge in [0.1, 0.15) is 6.54 Å². The third kappa shape index (κ3) is 3.69. The summed E-state index contributed by atoms with van der Waals surface area (Å²) in [7, 11) is 2.82. The number of imidazole rings is 1. The number of aromatic nitrogens is 4. The second-order valence-electron chi connectivity index (χ2n) is 5.77. The fourth-order valence-corrected chi connectivity index (χ4v) is 2.35. The van der Waals surface area contributed by atoms with Gasteiger partial charge in [0.2, 0.25) is 11.8 Å². The molecule has 10 heteroatoms. The van der Waals surface area contributed by atoms with E-state index in [0.717, 1.165) is 11.5 Å². The van der Waals surface area contributed by atoms with E-state index >= 15 is 0 Å². The van der Waals surface area contributed by atoms with Gasteiger partial charge >= 0.3 is 5.69 Å². The first kappa shape index (κ1) is 17.8. The van der Waals surface area contributed by atoms with Crippen LogP contribution >= 0.6 is 0 Å². The van der Waals surface area contributed by atoms with E-state index in [0.29, 0.717) is 0 Å². The molecule has 24 heavy (non-hydrogen) atoms. The van der Waals surface area contributed by atoms with Crippen LogP contribution in [0.4, 0.5) is 8.78 Å². The van der Waals surface area contributed by atoms with Crippen LogP contribution in [0.5, 0.6) is 0 Å². The van der Waals surface area contributed by atoms with Gasteiger partial charge in [-0.25, -0.2) is 18.6 Å². The smallest absolute Gasteiger partial charge is 0.332 e. The van der Waals surface area contributed by atoms with E-state index in [2.05, 4.69) is 10.3 Å². The van der Waals surface area contributed by atoms with Crippen molar-refractivity contribution in [1.29, 1.82) is 0 Å². The summed E-state index contributed by atoms with van der Waals surface area (Å²) in [5, 5.41) is 2.52. The third-order valence-electron chi connectivity index (χ3n) is 3.65. The van der Waals surface area contributed by atoms with Crippen molar-refractivity contribution in [3.05, 3.63) is 27.2 Å². The summed E-state index contributed by atoms with van der Waals surface area (Å²) in [6, 6.07) is 0. The van der Waals surface area contributed by atoms with Crippen LogP contribution < -0.4 is 16.6 Å². The number of amides is 1. The minimum Gasteiger partial charge on any atom is -0.355 e. The molecule has 2 aromatic rings. The van der Waals surface area contributed by atoms with Crippen molar-refractivity contribution >= 4 is 17.1 Å². The lowest BCUT2D eigenvalue weighted by Crippen LogP contribution is -2.38. The van der Waals surface area contributed by atoms with E-state index in [1.807, 2.05) is 0 Å². The van der Waals surface area contributed by atoms with Gasteiger partial charge in [-0.05, 0) is 13.3 Å². The average Bonchev–Trinajstić information content (AvgIpc) is 2.90. The molecule has 0 saturated carbocycles. The third-order valence-corrected chi connectivity index (χ3v) is 3.65. The van der Waals surface area contributed by atoms with Crippen molar-refractivity contribution in [2.75, 3.05) is 6.54 Å². The minimum absolute atomic E-state index is 0.116. The molecule has 0 unspecified atom stereocenters. The number of aryl methyl sites for hydroxylation is 1. The van der Waals surface area contributed by atoms with Gasteiger partial charge in [-0.15, -0.1) is 0 Å². The molecule has 0 saturated heterocycles. The largest absolute Gasteiger partial charge is 0.355 e. The first-order chi connectivity index (χ1) is 11.1. The van der Waals surface area contributed by atoms with Gasteiger partial charge in [-0.2, -0.15) is 0 Å². The van der Waals surface area contributed by atoms with Crippen LogP contribution in [0.1, 0.15) is 19.8 Å². The topological polar surface area (TPSA) is 90.9 Å². The van der Waals surface area contributed by atoms with E-state index in [1.54, 1.807) is 0 Å². The lowest BCUT2D eigenvalue weighted by molar-refractivity contribution is -0.121. The van der Waals surface area contributed by atoms with Crippen LogP contribution in [0.15, 0.2) is 15.9 Å². The van der Waals surface area contributed by atoms with Crippen LogP contribution in [-0.2, 0) is 25.4 Å². The standard InChI is InChI=1S/C14H19F2N5O3/c1-14(15,16)5-4-6-17-9(22)7-21-8-18-11-10(21)12(23)20(3)13(24)19(11)2/h8H,4-7H2,1-3H3,(H,17,22). The molecule has 0 atom stereocenters. The molecule has 0 spiro atoms. The second-order valence-corrected chi connectivity index (χ2v) is 5.77. The molecule has 2 aromatic heterocycles. The molecule has 1 amide bonds. The normalized spacial score (nSPS) is 11.9. The molecule has 132 valence electrons. The summed E-state index contributed by atoms with van der Waals surface area (Å²) in [6.07, 6.45) is 1.13. The van der Waals surface area contributed by atoms with Crippen LogP contribution in [0.2, 0.25) is 0 Å². The van der Waals surface area contributed by atoms with E-state index in [9.17, 15) is 23.2 Å². The number of hydrogen-bond acceptors (Lipinski definition) is 4. The molecule has 0 aliphatic rings. The van der Waals surface area contributed by atoms with Crippen LogP contribution in [-0.4, -0.2) is 37.1 Å². The lowest BCUT2D eigenvalue weighted by Gasteiger charge is -2.10. The van der Waals surface area contributed by atoms with Crippen LogP contribution in [0.3, 0.4) is 0 Å². The van der Waals surface area contributed by atoms with E-state index < -0.39 is 23.1 Å². The lowest BCUT2D eigenvalue weighted by atomic mass is 10.2. The molecule has 2 heterocycles. The molecule has 0 bridgehead atoms. The Kier molecular flexibility index (Phi) is 4.86. The number of hydrogen-bond donors (Lipinski definition) is 1. The first-order valence-electron chi connectivity index (χ1n) is 7.37. The number of carbonyl (C=O) groups excluding carboxylic acids is 1. The maximum atomic E-state index is 12.7. The molecule has 1 N–H and O–H groups in total. The zero-order valence-corrected chi connectivity index (χ0v) is 13.7. The van der Waals surface area contributed by atoms with Gasteiger partial charge in [0.05, 0.1) is 6.33 Å². The molecule has 0 radical (unpaired) electrons. The van der Waals surface area contributed by atoms with Crippen molar-refractivity contribution in [1.82, 2.24) is 24.0 Å². The monoisotopic (exact) mass is 343 g/mol. The Balaban J connectivity index is 2.12. The molecular weight excluding hydrogens is 324 g/mol. The number of nitrogens with zero attached hydrogens (tertiary/aromatic N) is 4. The zero-order valence-electron chi connectivity index (χ0n) is 13.7. The van der Waals surface area contributed by atoms with Crippen LogP contribution in [0, 0.1) is 0 Å². The molecule has 0 fully saturated rings. The van der Waals surface area contributed by atoms with Gasteiger partial charge in [-0.1, -0.05) is 0 Å². The van der Waals surface area contributed by atoms with Crippen molar-refractivity contribution in [3.8, 4) is 0 Å². The zero-order chi connectivity index (χ0) is 18.1. The second kappa shape index (κ2) is 6.54. The fraction of sp³-hybridized carbons (Fsp3) is 0.571. The first-order valence-corrected chi connectivity index (χ1v) is 7.37. The van der Waals surface area contributed by atoms with E-state index in [-0.39, 0.29) is 37.1 Å². The number of nitrogens with one attached hydrogen (secondary N) is 1. The number of rotatable bonds is 6. The number of carbonyl (C=O) groups is 1. The summed E-state index contributed by atoms with van der Waals surface area (Å²) in [4.78, 5) is 39.9. The van der Waals surface area contributed by atoms with Gasteiger partial charge < -0.3 is 9.88 Å². The molecule has 0 aliphatic heterocycles. The van der Waals surface area contributed by atoms with Crippen molar-refractivity contribution in [3.63, 3.8) is 0 Å². The molecule has 0 aromatic carbocycles. The Morgan fingerprint density at radius 2 is 1.96 bits per heavy atom. The van der Waals surface area contributed by atoms with E-state index in [1.165, 1.54) is 29.6 Å². The highest BCUT2D eigenvalue weighted by atomic mass is 19.3.